The first-order valence-electron chi connectivity index (χ1n) is 4.60. The number of hydrogen-bond donors (Lipinski definition) is 2. The van der Waals surface area contributed by atoms with Gasteiger partial charge >= 0.3 is 5.97 Å². The van der Waals surface area contributed by atoms with Gasteiger partial charge in [0.25, 0.3) is 0 Å². The second kappa shape index (κ2) is 4.45. The Balaban J connectivity index is 2.24. The first kappa shape index (κ1) is 9.52. The molecule has 0 aromatic rings. The third-order valence-electron chi connectivity index (χ3n) is 2.60. The van der Waals surface area contributed by atoms with Crippen LogP contribution >= 0.6 is 0 Å². The van der Waals surface area contributed by atoms with Gasteiger partial charge in [0, 0.05) is 6.42 Å². The van der Waals surface area contributed by atoms with Crippen LogP contribution in [0.3, 0.4) is 0 Å². The molecule has 70 valence electrons. The van der Waals surface area contributed by atoms with Crippen molar-refractivity contribution < 1.29 is 15.0 Å². The maximum absolute atomic E-state index is 10.3. The minimum Gasteiger partial charge on any atom is -0.481 e. The average molecular weight is 172 g/mol. The molecule has 0 aliphatic heterocycles. The Kier molecular flexibility index (Phi) is 3.53. The van der Waals surface area contributed by atoms with Gasteiger partial charge in [-0.25, -0.2) is 0 Å². The number of hydrogen-bond acceptors (Lipinski definition) is 2. The van der Waals surface area contributed by atoms with Crippen molar-refractivity contribution in [1.82, 2.24) is 0 Å². The summed E-state index contributed by atoms with van der Waals surface area (Å²) < 4.78 is 0. The van der Waals surface area contributed by atoms with Crippen molar-refractivity contribution in [2.45, 2.75) is 44.6 Å². The third kappa shape index (κ3) is 2.81. The Morgan fingerprint density at radius 1 is 1.33 bits per heavy atom. The molecule has 12 heavy (non-hydrogen) atoms. The molecule has 1 aliphatic carbocycles. The van der Waals surface area contributed by atoms with E-state index in [9.17, 15) is 9.90 Å². The Bertz CT molecular complexity index is 156. The lowest BCUT2D eigenvalue weighted by Crippen LogP contribution is -2.24. The van der Waals surface area contributed by atoms with Gasteiger partial charge in [0.15, 0.2) is 0 Å². The van der Waals surface area contributed by atoms with Crippen LogP contribution in [0.1, 0.15) is 38.5 Å². The minimum absolute atomic E-state index is 0.196. The van der Waals surface area contributed by atoms with Crippen molar-refractivity contribution in [3.8, 4) is 0 Å². The van der Waals surface area contributed by atoms with Gasteiger partial charge in [-0.2, -0.15) is 0 Å². The third-order valence-corrected chi connectivity index (χ3v) is 2.60. The van der Waals surface area contributed by atoms with Crippen LogP contribution in [0.15, 0.2) is 0 Å². The van der Waals surface area contributed by atoms with Gasteiger partial charge in [0.1, 0.15) is 0 Å². The molecule has 0 aromatic heterocycles. The maximum Gasteiger partial charge on any atom is 0.303 e. The quantitative estimate of drug-likeness (QED) is 0.676. The normalized spacial score (nSPS) is 30.1. The molecule has 3 nitrogen and oxygen atoms in total. The molecule has 3 heteroatoms. The van der Waals surface area contributed by atoms with Gasteiger partial charge < -0.3 is 10.2 Å². The highest BCUT2D eigenvalue weighted by Crippen LogP contribution is 2.27. The Labute approximate surface area is 72.4 Å². The lowest BCUT2D eigenvalue weighted by atomic mass is 9.84. The maximum atomic E-state index is 10.3. The fourth-order valence-electron chi connectivity index (χ4n) is 1.83. The number of aliphatic hydroxyl groups excluding tert-OH is 1. The van der Waals surface area contributed by atoms with Crippen molar-refractivity contribution in [3.05, 3.63) is 0 Å². The number of rotatable bonds is 3. The van der Waals surface area contributed by atoms with E-state index in [1.807, 2.05) is 0 Å². The molecule has 0 radical (unpaired) electrons. The van der Waals surface area contributed by atoms with Gasteiger partial charge in [-0.05, 0) is 25.2 Å². The smallest absolute Gasteiger partial charge is 0.303 e. The molecule has 0 bridgehead atoms. The largest absolute Gasteiger partial charge is 0.481 e. The van der Waals surface area contributed by atoms with E-state index in [-0.39, 0.29) is 18.4 Å². The molecular weight excluding hydrogens is 156 g/mol. The molecule has 0 heterocycles. The summed E-state index contributed by atoms with van der Waals surface area (Å²) in [5, 5.41) is 17.9. The van der Waals surface area contributed by atoms with Crippen molar-refractivity contribution in [2.24, 2.45) is 5.92 Å². The SMILES string of the molecule is O=C(O)CC[C@H]1CCCC[C@@H]1O. The van der Waals surface area contributed by atoms with Crippen LogP contribution in [-0.2, 0) is 4.79 Å². The van der Waals surface area contributed by atoms with Gasteiger partial charge in [-0.15, -0.1) is 0 Å². The topological polar surface area (TPSA) is 57.5 Å². The van der Waals surface area contributed by atoms with Crippen molar-refractivity contribution in [2.75, 3.05) is 0 Å². The zero-order valence-corrected chi connectivity index (χ0v) is 7.20. The highest BCUT2D eigenvalue weighted by Gasteiger charge is 2.22. The number of carboxylic acid groups (broad SMARTS) is 1. The number of aliphatic carboxylic acids is 1. The van der Waals surface area contributed by atoms with Crippen LogP contribution in [0.5, 0.6) is 0 Å². The summed E-state index contributed by atoms with van der Waals surface area (Å²) in [4.78, 5) is 10.3. The Morgan fingerprint density at radius 3 is 2.58 bits per heavy atom. The van der Waals surface area contributed by atoms with Crippen LogP contribution in [-0.4, -0.2) is 22.3 Å². The lowest BCUT2D eigenvalue weighted by Gasteiger charge is -2.26. The summed E-state index contributed by atoms with van der Waals surface area (Å²) >= 11 is 0. The van der Waals surface area contributed by atoms with E-state index in [4.69, 9.17) is 5.11 Å². The van der Waals surface area contributed by atoms with Crippen molar-refractivity contribution in [1.29, 1.82) is 0 Å². The van der Waals surface area contributed by atoms with Crippen LogP contribution < -0.4 is 0 Å². The van der Waals surface area contributed by atoms with Gasteiger partial charge in [-0.3, -0.25) is 4.79 Å². The summed E-state index contributed by atoms with van der Waals surface area (Å²) in [6, 6.07) is 0. The molecule has 0 saturated heterocycles. The predicted octanol–water partition coefficient (Wildman–Crippen LogP) is 1.40. The first-order chi connectivity index (χ1) is 5.70. The van der Waals surface area contributed by atoms with E-state index in [1.54, 1.807) is 0 Å². The summed E-state index contributed by atoms with van der Waals surface area (Å²) in [6.45, 7) is 0. The molecule has 0 amide bonds. The van der Waals surface area contributed by atoms with Crippen LogP contribution in [0.25, 0.3) is 0 Å². The summed E-state index contributed by atoms with van der Waals surface area (Å²) in [5.74, 6) is -0.525. The molecule has 1 fully saturated rings. The molecule has 2 N–H and O–H groups in total. The fourth-order valence-corrected chi connectivity index (χ4v) is 1.83. The van der Waals surface area contributed by atoms with E-state index in [0.29, 0.717) is 6.42 Å². The van der Waals surface area contributed by atoms with Crippen molar-refractivity contribution in [3.63, 3.8) is 0 Å². The summed E-state index contributed by atoms with van der Waals surface area (Å²) in [5.41, 5.74) is 0. The van der Waals surface area contributed by atoms with E-state index in [0.717, 1.165) is 25.7 Å². The molecule has 1 saturated carbocycles. The van der Waals surface area contributed by atoms with Crippen molar-refractivity contribution >= 4 is 5.97 Å². The van der Waals surface area contributed by atoms with E-state index < -0.39 is 5.97 Å². The van der Waals surface area contributed by atoms with Crippen LogP contribution in [0.2, 0.25) is 0 Å². The van der Waals surface area contributed by atoms with Crippen LogP contribution in [0, 0.1) is 5.92 Å². The zero-order valence-electron chi connectivity index (χ0n) is 7.20. The second-order valence-corrected chi connectivity index (χ2v) is 3.54. The number of aliphatic hydroxyl groups is 1. The summed E-state index contributed by atoms with van der Waals surface area (Å²) in [6.07, 6.45) is 4.65. The summed E-state index contributed by atoms with van der Waals surface area (Å²) in [7, 11) is 0. The first-order valence-corrected chi connectivity index (χ1v) is 4.60. The zero-order chi connectivity index (χ0) is 8.97. The van der Waals surface area contributed by atoms with Gasteiger partial charge in [0.2, 0.25) is 0 Å². The van der Waals surface area contributed by atoms with E-state index >= 15 is 0 Å². The Hall–Kier alpha value is -0.570. The lowest BCUT2D eigenvalue weighted by molar-refractivity contribution is -0.137. The van der Waals surface area contributed by atoms with Gasteiger partial charge in [-0.1, -0.05) is 12.8 Å². The molecule has 1 aliphatic rings. The van der Waals surface area contributed by atoms with Gasteiger partial charge in [0.05, 0.1) is 6.10 Å². The molecule has 1 rings (SSSR count). The average Bonchev–Trinajstić information content (AvgIpc) is 2.03. The minimum atomic E-state index is -0.757. The second-order valence-electron chi connectivity index (χ2n) is 3.54. The highest BCUT2D eigenvalue weighted by molar-refractivity contribution is 5.66. The van der Waals surface area contributed by atoms with Crippen LogP contribution in [0.4, 0.5) is 0 Å². The number of carboxylic acids is 1. The monoisotopic (exact) mass is 172 g/mol. The molecule has 2 atom stereocenters. The molecule has 0 aromatic carbocycles. The van der Waals surface area contributed by atoms with E-state index in [2.05, 4.69) is 0 Å². The standard InChI is InChI=1S/C9H16O3/c10-8-4-2-1-3-7(8)5-6-9(11)12/h7-8,10H,1-6H2,(H,11,12)/t7-,8+/m1/s1. The Morgan fingerprint density at radius 2 is 2.00 bits per heavy atom. The predicted molar refractivity (Wildman–Crippen MR) is 44.8 cm³/mol. The highest BCUT2D eigenvalue weighted by atomic mass is 16.4. The molecule has 0 unspecified atom stereocenters. The molecule has 0 spiro atoms. The number of carbonyl (C=O) groups is 1. The van der Waals surface area contributed by atoms with E-state index in [1.165, 1.54) is 0 Å². The fraction of sp³-hybridized carbons (Fsp3) is 0.889. The molecular formula is C9H16O3.